The molecule has 1 heterocycles. The van der Waals surface area contributed by atoms with E-state index in [1.165, 1.54) is 23.9 Å². The zero-order valence-corrected chi connectivity index (χ0v) is 20.8. The molecule has 0 spiro atoms. The number of hydrogen-bond donors (Lipinski definition) is 1. The number of hydrogen-bond acceptors (Lipinski definition) is 3. The minimum absolute atomic E-state index is 0.176. The zero-order valence-electron chi connectivity index (χ0n) is 18.4. The van der Waals surface area contributed by atoms with Crippen molar-refractivity contribution in [2.45, 2.75) is 30.0 Å². The fourth-order valence-electron chi connectivity index (χ4n) is 3.82. The standard InChI is InChI=1S/C26H23Cl2FN2O2S/c1-16(25(32)30-13-12-17-6-9-19(27)10-7-17)24-26(33)31(22-4-2-3-5-23(22)34-24)15-18-8-11-20(29)14-21(18)28/h2-11,14,16,24H,12-13,15H2,1H3,(H,30,32)/t16-,24-/m0/s1. The summed E-state index contributed by atoms with van der Waals surface area (Å²) in [5.74, 6) is -1.35. The monoisotopic (exact) mass is 516 g/mol. The van der Waals surface area contributed by atoms with Gasteiger partial charge in [0.05, 0.1) is 18.2 Å². The Morgan fingerprint density at radius 1 is 1.12 bits per heavy atom. The Balaban J connectivity index is 1.48. The summed E-state index contributed by atoms with van der Waals surface area (Å²) >= 11 is 13.5. The van der Waals surface area contributed by atoms with Crippen LogP contribution >= 0.6 is 35.0 Å². The number of fused-ring (bicyclic) bond motifs is 1. The molecule has 8 heteroatoms. The zero-order chi connectivity index (χ0) is 24.2. The molecule has 0 radical (unpaired) electrons. The van der Waals surface area contributed by atoms with Gasteiger partial charge < -0.3 is 10.2 Å². The van der Waals surface area contributed by atoms with E-state index in [0.717, 1.165) is 16.1 Å². The number of benzene rings is 3. The van der Waals surface area contributed by atoms with Gasteiger partial charge in [-0.15, -0.1) is 11.8 Å². The lowest BCUT2D eigenvalue weighted by Gasteiger charge is -2.36. The number of nitrogens with one attached hydrogen (secondary N) is 1. The van der Waals surface area contributed by atoms with E-state index in [4.69, 9.17) is 23.2 Å². The minimum Gasteiger partial charge on any atom is -0.355 e. The first-order valence-electron chi connectivity index (χ1n) is 10.9. The van der Waals surface area contributed by atoms with Gasteiger partial charge in [0.1, 0.15) is 11.1 Å². The summed E-state index contributed by atoms with van der Waals surface area (Å²) in [6, 6.07) is 19.2. The number of rotatable bonds is 7. The van der Waals surface area contributed by atoms with Crippen molar-refractivity contribution in [2.24, 2.45) is 5.92 Å². The topological polar surface area (TPSA) is 49.4 Å². The molecule has 3 aromatic carbocycles. The third kappa shape index (κ3) is 5.57. The molecule has 176 valence electrons. The third-order valence-electron chi connectivity index (χ3n) is 5.76. The Labute approximate surface area is 212 Å². The highest BCUT2D eigenvalue weighted by atomic mass is 35.5. The van der Waals surface area contributed by atoms with Gasteiger partial charge in [-0.05, 0) is 53.9 Å². The Morgan fingerprint density at radius 3 is 2.59 bits per heavy atom. The molecular weight excluding hydrogens is 494 g/mol. The van der Waals surface area contributed by atoms with Crippen molar-refractivity contribution < 1.29 is 14.0 Å². The van der Waals surface area contributed by atoms with E-state index in [1.54, 1.807) is 17.9 Å². The first-order chi connectivity index (χ1) is 16.3. The van der Waals surface area contributed by atoms with Gasteiger partial charge in [-0.1, -0.05) is 60.5 Å². The van der Waals surface area contributed by atoms with Crippen LogP contribution < -0.4 is 10.2 Å². The molecule has 2 amide bonds. The Hall–Kier alpha value is -2.54. The molecule has 0 saturated carbocycles. The van der Waals surface area contributed by atoms with Crippen LogP contribution in [0.5, 0.6) is 0 Å². The number of thioether (sulfide) groups is 1. The van der Waals surface area contributed by atoms with Crippen molar-refractivity contribution in [3.8, 4) is 0 Å². The summed E-state index contributed by atoms with van der Waals surface area (Å²) < 4.78 is 13.5. The summed E-state index contributed by atoms with van der Waals surface area (Å²) in [5, 5.41) is 3.28. The second-order valence-electron chi connectivity index (χ2n) is 8.12. The van der Waals surface area contributed by atoms with Gasteiger partial charge in [0.15, 0.2) is 0 Å². The predicted molar refractivity (Wildman–Crippen MR) is 136 cm³/mol. The number of halogens is 3. The van der Waals surface area contributed by atoms with Gasteiger partial charge in [-0.25, -0.2) is 4.39 Å². The third-order valence-corrected chi connectivity index (χ3v) is 7.82. The lowest BCUT2D eigenvalue weighted by atomic mass is 10.0. The lowest BCUT2D eigenvalue weighted by Crippen LogP contribution is -2.47. The number of carbonyl (C=O) groups is 2. The van der Waals surface area contributed by atoms with Crippen molar-refractivity contribution in [3.63, 3.8) is 0 Å². The summed E-state index contributed by atoms with van der Waals surface area (Å²) in [7, 11) is 0. The average Bonchev–Trinajstić information content (AvgIpc) is 2.82. The Kier molecular flexibility index (Phi) is 7.81. The maximum atomic E-state index is 13.5. The summed E-state index contributed by atoms with van der Waals surface area (Å²) in [6.07, 6.45) is 0.666. The molecule has 1 aliphatic rings. The van der Waals surface area contributed by atoms with Crippen LogP contribution in [0.3, 0.4) is 0 Å². The molecule has 34 heavy (non-hydrogen) atoms. The summed E-state index contributed by atoms with van der Waals surface area (Å²) in [4.78, 5) is 29.0. The molecule has 3 aromatic rings. The van der Waals surface area contributed by atoms with E-state index in [0.29, 0.717) is 23.6 Å². The second-order valence-corrected chi connectivity index (χ2v) is 10.1. The second kappa shape index (κ2) is 10.8. The van der Waals surface area contributed by atoms with Crippen LogP contribution in [0.25, 0.3) is 0 Å². The van der Waals surface area contributed by atoms with Crippen LogP contribution in [-0.4, -0.2) is 23.6 Å². The highest BCUT2D eigenvalue weighted by Crippen LogP contribution is 2.42. The van der Waals surface area contributed by atoms with Crippen LogP contribution in [-0.2, 0) is 22.6 Å². The van der Waals surface area contributed by atoms with E-state index in [9.17, 15) is 14.0 Å². The fourth-order valence-corrected chi connectivity index (χ4v) is 5.46. The van der Waals surface area contributed by atoms with Gasteiger partial charge in [0, 0.05) is 21.5 Å². The van der Waals surface area contributed by atoms with E-state index < -0.39 is 17.0 Å². The van der Waals surface area contributed by atoms with Gasteiger partial charge in [-0.3, -0.25) is 9.59 Å². The molecule has 4 nitrogen and oxygen atoms in total. The van der Waals surface area contributed by atoms with Crippen molar-refractivity contribution in [2.75, 3.05) is 11.4 Å². The fraction of sp³-hybridized carbons (Fsp3) is 0.231. The minimum atomic E-state index is -0.593. The number of para-hydroxylation sites is 1. The molecule has 0 unspecified atom stereocenters. The van der Waals surface area contributed by atoms with Gasteiger partial charge in [0.2, 0.25) is 11.8 Å². The molecule has 0 aromatic heterocycles. The summed E-state index contributed by atoms with van der Waals surface area (Å²) in [5.41, 5.74) is 2.46. The predicted octanol–water partition coefficient (Wildman–Crippen LogP) is 6.14. The number of anilines is 1. The van der Waals surface area contributed by atoms with Gasteiger partial charge in [-0.2, -0.15) is 0 Å². The molecule has 1 aliphatic heterocycles. The average molecular weight is 517 g/mol. The highest BCUT2D eigenvalue weighted by molar-refractivity contribution is 8.01. The molecule has 0 aliphatic carbocycles. The lowest BCUT2D eigenvalue weighted by molar-refractivity contribution is -0.128. The first kappa shape index (κ1) is 24.6. The van der Waals surface area contributed by atoms with Gasteiger partial charge in [0.25, 0.3) is 0 Å². The van der Waals surface area contributed by atoms with E-state index in [1.807, 2.05) is 48.5 Å². The molecule has 0 fully saturated rings. The van der Waals surface area contributed by atoms with Crippen LogP contribution in [0.15, 0.2) is 71.6 Å². The van der Waals surface area contributed by atoms with Gasteiger partial charge >= 0.3 is 0 Å². The number of nitrogens with zero attached hydrogens (tertiary/aromatic N) is 1. The molecule has 1 N–H and O–H groups in total. The number of amides is 2. The normalized spacial score (nSPS) is 16.2. The largest absolute Gasteiger partial charge is 0.355 e. The van der Waals surface area contributed by atoms with Crippen LogP contribution in [0.2, 0.25) is 10.0 Å². The van der Waals surface area contributed by atoms with Crippen LogP contribution in [0, 0.1) is 11.7 Å². The smallest absolute Gasteiger partial charge is 0.241 e. The van der Waals surface area contributed by atoms with Crippen LogP contribution in [0.4, 0.5) is 10.1 Å². The van der Waals surface area contributed by atoms with E-state index in [-0.39, 0.29) is 23.4 Å². The first-order valence-corrected chi connectivity index (χ1v) is 12.5. The quantitative estimate of drug-likeness (QED) is 0.410. The maximum Gasteiger partial charge on any atom is 0.241 e. The SMILES string of the molecule is C[C@H](C(=O)NCCc1ccc(Cl)cc1)[C@@H]1Sc2ccccc2N(Cc2ccc(F)cc2Cl)C1=O. The van der Waals surface area contributed by atoms with Crippen molar-refractivity contribution in [1.82, 2.24) is 5.32 Å². The summed E-state index contributed by atoms with van der Waals surface area (Å²) in [6.45, 7) is 2.42. The molecular formula is C26H23Cl2FN2O2S. The molecule has 2 atom stereocenters. The van der Waals surface area contributed by atoms with Crippen molar-refractivity contribution in [3.05, 3.63) is 93.7 Å². The van der Waals surface area contributed by atoms with Crippen molar-refractivity contribution in [1.29, 1.82) is 0 Å². The van der Waals surface area contributed by atoms with E-state index in [2.05, 4.69) is 5.32 Å². The molecule has 0 bridgehead atoms. The Morgan fingerprint density at radius 2 is 1.85 bits per heavy atom. The molecule has 0 saturated heterocycles. The van der Waals surface area contributed by atoms with Crippen molar-refractivity contribution >= 4 is 52.5 Å². The maximum absolute atomic E-state index is 13.5. The highest BCUT2D eigenvalue weighted by Gasteiger charge is 2.39. The number of carbonyl (C=O) groups excluding carboxylic acids is 2. The van der Waals surface area contributed by atoms with E-state index >= 15 is 0 Å². The molecule has 4 rings (SSSR count). The Bertz CT molecular complexity index is 1210. The van der Waals surface area contributed by atoms with Crippen LogP contribution in [0.1, 0.15) is 18.1 Å².